The number of halogens is 1. The summed E-state index contributed by atoms with van der Waals surface area (Å²) in [6.07, 6.45) is 0. The van der Waals surface area contributed by atoms with Gasteiger partial charge in [0.25, 0.3) is 0 Å². The number of phenolic OH excluding ortho intramolecular Hbond substituents is 2. The van der Waals surface area contributed by atoms with E-state index >= 15 is 4.39 Å². The van der Waals surface area contributed by atoms with Crippen LogP contribution in [-0.2, 0) is 14.2 Å². The van der Waals surface area contributed by atoms with Gasteiger partial charge in [0.2, 0.25) is 11.6 Å². The second kappa shape index (κ2) is 17.5. The highest BCUT2D eigenvalue weighted by molar-refractivity contribution is 6.32. The molecule has 0 saturated heterocycles. The largest absolute Gasteiger partial charge is 0.507 e. The molecule has 0 saturated carbocycles. The molecule has 0 atom stereocenters. The van der Waals surface area contributed by atoms with Crippen molar-refractivity contribution in [1.82, 2.24) is 0 Å². The number of aromatic hydroxyl groups is 2. The van der Waals surface area contributed by atoms with Crippen LogP contribution in [0.3, 0.4) is 0 Å². The summed E-state index contributed by atoms with van der Waals surface area (Å²) in [4.78, 5) is 28.1. The zero-order valence-electron chi connectivity index (χ0n) is 28.7. The van der Waals surface area contributed by atoms with Crippen molar-refractivity contribution in [2.24, 2.45) is 0 Å². The van der Waals surface area contributed by atoms with Crippen LogP contribution in [0.4, 0.5) is 27.1 Å². The predicted molar refractivity (Wildman–Crippen MR) is 188 cm³/mol. The molecule has 0 heterocycles. The molecule has 4 aromatic rings. The van der Waals surface area contributed by atoms with Gasteiger partial charge in [0, 0.05) is 31.2 Å². The van der Waals surface area contributed by atoms with Crippen LogP contribution in [0.15, 0.2) is 60.7 Å². The van der Waals surface area contributed by atoms with Crippen molar-refractivity contribution in [3.8, 4) is 28.7 Å². The van der Waals surface area contributed by atoms with Crippen molar-refractivity contribution in [3.05, 3.63) is 88.7 Å². The van der Waals surface area contributed by atoms with E-state index in [2.05, 4.69) is 10.6 Å². The topological polar surface area (TPSA) is 154 Å². The van der Waals surface area contributed by atoms with Crippen molar-refractivity contribution in [2.75, 3.05) is 70.1 Å². The predicted octanol–water partition coefficient (Wildman–Crippen LogP) is 6.75. The number of anilines is 4. The lowest BCUT2D eigenvalue weighted by Crippen LogP contribution is -2.25. The number of ketones is 2. The number of phenols is 2. The Morgan fingerprint density at radius 2 is 0.941 bits per heavy atom. The van der Waals surface area contributed by atoms with Gasteiger partial charge in [0.1, 0.15) is 54.2 Å². The first-order valence-electron chi connectivity index (χ1n) is 16.7. The quantitative estimate of drug-likeness (QED) is 0.0531. The number of hydrogen-bond donors (Lipinski definition) is 4. The zero-order chi connectivity index (χ0) is 36.3. The second-order valence-corrected chi connectivity index (χ2v) is 11.1. The van der Waals surface area contributed by atoms with E-state index in [1.165, 1.54) is 0 Å². The Morgan fingerprint density at radius 3 is 1.39 bits per heavy atom. The number of rotatable bonds is 19. The van der Waals surface area contributed by atoms with Crippen molar-refractivity contribution in [1.29, 1.82) is 0 Å². The smallest absolute Gasteiger partial charge is 0.202 e. The van der Waals surface area contributed by atoms with Crippen LogP contribution in [-0.4, -0.2) is 81.2 Å². The molecule has 270 valence electrons. The molecule has 1 aliphatic rings. The van der Waals surface area contributed by atoms with E-state index in [9.17, 15) is 19.8 Å². The molecule has 13 heteroatoms. The molecule has 0 unspecified atom stereocenters. The van der Waals surface area contributed by atoms with E-state index in [0.717, 1.165) is 12.1 Å². The Hall–Kier alpha value is -5.37. The van der Waals surface area contributed by atoms with Crippen molar-refractivity contribution < 1.29 is 52.6 Å². The number of fused-ring (bicyclic) bond motifs is 2. The standard InChI is InChI=1S/C38H41FN2O10/c1-4-46-17-20-49-25-11-7-23(8-12-25)40-34-33(39)31-32(37(45)30-28(43)16-15-27(42)29(30)36(31)44)38(51-22-19-48-6-3)35(34)41-24-9-13-26(14-10-24)50-21-18-47-5-2/h7-16,40-43H,4-6,17-22H2,1-3H3. The van der Waals surface area contributed by atoms with Gasteiger partial charge in [-0.25, -0.2) is 4.39 Å². The molecule has 1 aliphatic carbocycles. The minimum atomic E-state index is -1.08. The number of hydrogen-bond acceptors (Lipinski definition) is 12. The summed E-state index contributed by atoms with van der Waals surface area (Å²) in [5.41, 5.74) is -1.33. The van der Waals surface area contributed by atoms with Gasteiger partial charge in [-0.15, -0.1) is 0 Å². The molecular weight excluding hydrogens is 663 g/mol. The average Bonchev–Trinajstić information content (AvgIpc) is 3.13. The molecule has 0 amide bonds. The summed E-state index contributed by atoms with van der Waals surface area (Å²) in [6, 6.07) is 15.7. The van der Waals surface area contributed by atoms with Crippen LogP contribution in [0.1, 0.15) is 52.6 Å². The molecule has 12 nitrogen and oxygen atoms in total. The molecule has 0 aliphatic heterocycles. The Labute approximate surface area is 295 Å². The monoisotopic (exact) mass is 704 g/mol. The Balaban J connectivity index is 1.62. The number of ether oxygens (including phenoxy) is 6. The lowest BCUT2D eigenvalue weighted by atomic mass is 9.81. The molecule has 0 radical (unpaired) electrons. The molecule has 4 aromatic carbocycles. The highest BCUT2D eigenvalue weighted by Crippen LogP contribution is 2.49. The second-order valence-electron chi connectivity index (χ2n) is 11.1. The summed E-state index contributed by atoms with van der Waals surface area (Å²) in [6.45, 7) is 8.71. The highest BCUT2D eigenvalue weighted by Gasteiger charge is 2.42. The lowest BCUT2D eigenvalue weighted by Gasteiger charge is -2.27. The maximum atomic E-state index is 17.0. The third-order valence-corrected chi connectivity index (χ3v) is 7.79. The summed E-state index contributed by atoms with van der Waals surface area (Å²) < 4.78 is 50.7. The minimum Gasteiger partial charge on any atom is -0.507 e. The Kier molecular flexibility index (Phi) is 12.7. The molecule has 0 fully saturated rings. The summed E-state index contributed by atoms with van der Waals surface area (Å²) >= 11 is 0. The first-order valence-corrected chi connectivity index (χ1v) is 16.7. The van der Waals surface area contributed by atoms with Crippen LogP contribution in [0.25, 0.3) is 0 Å². The van der Waals surface area contributed by atoms with E-state index in [-0.39, 0.29) is 30.3 Å². The van der Waals surface area contributed by atoms with Gasteiger partial charge < -0.3 is 49.3 Å². The molecule has 51 heavy (non-hydrogen) atoms. The molecule has 4 N–H and O–H groups in total. The normalized spacial score (nSPS) is 11.9. The van der Waals surface area contributed by atoms with E-state index in [0.29, 0.717) is 69.1 Å². The minimum absolute atomic E-state index is 0.00551. The van der Waals surface area contributed by atoms with E-state index < -0.39 is 51.1 Å². The third kappa shape index (κ3) is 8.51. The SMILES string of the molecule is CCOCCOc1ccc(Nc2c(F)c3c(c(OCCOCC)c2Nc2ccc(OCCOCC)cc2)C(=O)c2c(O)ccc(O)c2C3=O)cc1. The first kappa shape index (κ1) is 36.9. The number of carbonyl (C=O) groups is 2. The van der Waals surface area contributed by atoms with Crippen LogP contribution in [0.5, 0.6) is 28.7 Å². The fraction of sp³-hybridized carbons (Fsp3) is 0.316. The molecular formula is C38H41FN2O10. The molecule has 5 rings (SSSR count). The van der Waals surface area contributed by atoms with Crippen LogP contribution in [0, 0.1) is 5.82 Å². The van der Waals surface area contributed by atoms with Gasteiger partial charge >= 0.3 is 0 Å². The maximum Gasteiger partial charge on any atom is 0.202 e. The van der Waals surface area contributed by atoms with Crippen LogP contribution < -0.4 is 24.8 Å². The van der Waals surface area contributed by atoms with E-state index in [4.69, 9.17) is 28.4 Å². The van der Waals surface area contributed by atoms with Gasteiger partial charge in [-0.1, -0.05) is 0 Å². The number of nitrogens with one attached hydrogen (secondary N) is 2. The summed E-state index contributed by atoms with van der Waals surface area (Å²) in [5.74, 6) is -3.14. The number of benzene rings is 4. The Bertz CT molecular complexity index is 1830. The van der Waals surface area contributed by atoms with Crippen LogP contribution in [0.2, 0.25) is 0 Å². The zero-order valence-corrected chi connectivity index (χ0v) is 28.7. The maximum absolute atomic E-state index is 17.0. The van der Waals surface area contributed by atoms with Gasteiger partial charge in [-0.3, -0.25) is 9.59 Å². The first-order chi connectivity index (χ1) is 24.8. The van der Waals surface area contributed by atoms with Gasteiger partial charge in [0.15, 0.2) is 11.6 Å². The Morgan fingerprint density at radius 1 is 0.529 bits per heavy atom. The van der Waals surface area contributed by atoms with Gasteiger partial charge in [-0.05, 0) is 81.4 Å². The van der Waals surface area contributed by atoms with Crippen molar-refractivity contribution in [2.45, 2.75) is 20.8 Å². The van der Waals surface area contributed by atoms with Gasteiger partial charge in [-0.2, -0.15) is 0 Å². The van der Waals surface area contributed by atoms with Crippen LogP contribution >= 0.6 is 0 Å². The fourth-order valence-corrected chi connectivity index (χ4v) is 5.43. The van der Waals surface area contributed by atoms with E-state index in [1.54, 1.807) is 48.5 Å². The van der Waals surface area contributed by atoms with E-state index in [1.807, 2.05) is 20.8 Å². The summed E-state index contributed by atoms with van der Waals surface area (Å²) in [5, 5.41) is 27.5. The van der Waals surface area contributed by atoms with Gasteiger partial charge in [0.05, 0.1) is 42.1 Å². The highest BCUT2D eigenvalue weighted by atomic mass is 19.1. The third-order valence-electron chi connectivity index (χ3n) is 7.79. The fourth-order valence-electron chi connectivity index (χ4n) is 5.43. The van der Waals surface area contributed by atoms with Crippen molar-refractivity contribution in [3.63, 3.8) is 0 Å². The molecule has 0 spiro atoms. The van der Waals surface area contributed by atoms with Crippen molar-refractivity contribution >= 4 is 34.3 Å². The number of carbonyl (C=O) groups excluding carboxylic acids is 2. The average molecular weight is 705 g/mol. The molecule has 0 aromatic heterocycles. The molecule has 0 bridgehead atoms. The lowest BCUT2D eigenvalue weighted by molar-refractivity contribution is 0.0956. The summed E-state index contributed by atoms with van der Waals surface area (Å²) in [7, 11) is 0.